The van der Waals surface area contributed by atoms with Gasteiger partial charge in [-0.3, -0.25) is 0 Å². The van der Waals surface area contributed by atoms with Crippen LogP contribution in [0.2, 0.25) is 10.0 Å². The summed E-state index contributed by atoms with van der Waals surface area (Å²) >= 11 is 17.5. The van der Waals surface area contributed by atoms with Crippen molar-refractivity contribution in [2.24, 2.45) is 0 Å². The van der Waals surface area contributed by atoms with Crippen LogP contribution in [0.5, 0.6) is 0 Å². The van der Waals surface area contributed by atoms with E-state index in [9.17, 15) is 4.39 Å². The van der Waals surface area contributed by atoms with Gasteiger partial charge >= 0.3 is 0 Å². The lowest BCUT2D eigenvalue weighted by atomic mass is 10.2. The number of aromatic nitrogens is 3. The number of aryl methyl sites for hydroxylation is 1. The topological polar surface area (TPSA) is 46.0 Å². The summed E-state index contributed by atoms with van der Waals surface area (Å²) in [5, 5.41) is 13.3. The van der Waals surface area contributed by atoms with Gasteiger partial charge in [0.2, 0.25) is 0 Å². The predicted octanol–water partition coefficient (Wildman–Crippen LogP) is 5.61. The molecule has 0 amide bonds. The number of nitrogens with one attached hydrogen (secondary N) is 1. The van der Waals surface area contributed by atoms with Gasteiger partial charge in [-0.05, 0) is 67.9 Å². The first kappa shape index (κ1) is 21.0. The molecule has 0 spiro atoms. The molecule has 0 unspecified atom stereocenters. The number of hydrogen-bond donors (Lipinski definition) is 1. The van der Waals surface area contributed by atoms with Crippen LogP contribution in [0, 0.1) is 12.7 Å². The second kappa shape index (κ2) is 8.88. The fraction of sp³-hybridized carbons (Fsp3) is 0.286. The van der Waals surface area contributed by atoms with Crippen molar-refractivity contribution in [3.8, 4) is 0 Å². The lowest BCUT2D eigenvalue weighted by Gasteiger charge is -2.27. The SMILES string of the molecule is Cc1nnc([C@H]2CCCN2C(=S)Nc2ccc(Cl)cc2F)n1Cc1ccc(Cl)cc1. The van der Waals surface area contributed by atoms with Crippen LogP contribution in [0.4, 0.5) is 10.1 Å². The fourth-order valence-electron chi connectivity index (χ4n) is 3.67. The summed E-state index contributed by atoms with van der Waals surface area (Å²) in [7, 11) is 0. The lowest BCUT2D eigenvalue weighted by Crippen LogP contribution is -2.35. The maximum atomic E-state index is 14.2. The highest BCUT2D eigenvalue weighted by atomic mass is 35.5. The second-order valence-corrected chi connectivity index (χ2v) is 8.48. The van der Waals surface area contributed by atoms with Gasteiger partial charge in [0.05, 0.1) is 18.3 Å². The van der Waals surface area contributed by atoms with Crippen LogP contribution >= 0.6 is 35.4 Å². The Labute approximate surface area is 189 Å². The first-order valence-corrected chi connectivity index (χ1v) is 10.8. The van der Waals surface area contributed by atoms with Crippen LogP contribution in [-0.2, 0) is 6.54 Å². The number of hydrogen-bond acceptors (Lipinski definition) is 3. The van der Waals surface area contributed by atoms with Gasteiger partial charge in [0.1, 0.15) is 11.6 Å². The summed E-state index contributed by atoms with van der Waals surface area (Å²) in [6.07, 6.45) is 1.85. The van der Waals surface area contributed by atoms with Gasteiger partial charge in [0.25, 0.3) is 0 Å². The first-order valence-electron chi connectivity index (χ1n) is 9.59. The summed E-state index contributed by atoms with van der Waals surface area (Å²) in [4.78, 5) is 2.05. The Morgan fingerprint density at radius 2 is 1.90 bits per heavy atom. The molecule has 0 aliphatic carbocycles. The van der Waals surface area contributed by atoms with Crippen LogP contribution in [0.15, 0.2) is 42.5 Å². The number of anilines is 1. The van der Waals surface area contributed by atoms with Gasteiger partial charge in [-0.1, -0.05) is 35.3 Å². The molecule has 30 heavy (non-hydrogen) atoms. The Morgan fingerprint density at radius 1 is 1.17 bits per heavy atom. The number of thiocarbonyl (C=S) groups is 1. The van der Waals surface area contributed by atoms with Crippen molar-refractivity contribution < 1.29 is 4.39 Å². The monoisotopic (exact) mass is 463 g/mol. The summed E-state index contributed by atoms with van der Waals surface area (Å²) in [5.41, 5.74) is 1.41. The second-order valence-electron chi connectivity index (χ2n) is 7.22. The molecule has 0 radical (unpaired) electrons. The third-order valence-corrected chi connectivity index (χ3v) is 6.03. The molecule has 1 fully saturated rings. The first-order chi connectivity index (χ1) is 14.4. The van der Waals surface area contributed by atoms with Crippen molar-refractivity contribution in [1.82, 2.24) is 19.7 Å². The zero-order chi connectivity index (χ0) is 21.3. The highest BCUT2D eigenvalue weighted by Gasteiger charge is 2.32. The van der Waals surface area contributed by atoms with Crippen molar-refractivity contribution in [3.63, 3.8) is 0 Å². The highest BCUT2D eigenvalue weighted by Crippen LogP contribution is 2.32. The quantitative estimate of drug-likeness (QED) is 0.509. The minimum Gasteiger partial charge on any atom is -0.339 e. The summed E-state index contributed by atoms with van der Waals surface area (Å²) in [6, 6.07) is 12.2. The minimum absolute atomic E-state index is 0.0335. The zero-order valence-electron chi connectivity index (χ0n) is 16.3. The molecule has 156 valence electrons. The molecule has 4 rings (SSSR count). The molecule has 9 heteroatoms. The standard InChI is InChI=1S/C21H20Cl2FN5S/c1-13-26-27-20(29(13)12-14-4-6-15(22)7-5-14)19-3-2-10-28(19)21(30)25-18-9-8-16(23)11-17(18)24/h4-9,11,19H,2-3,10,12H2,1H3,(H,25,30)/t19-/m1/s1. The smallest absolute Gasteiger partial charge is 0.174 e. The van der Waals surface area contributed by atoms with Gasteiger partial charge in [-0.2, -0.15) is 0 Å². The van der Waals surface area contributed by atoms with Gasteiger partial charge in [-0.25, -0.2) is 4.39 Å². The van der Waals surface area contributed by atoms with Crippen molar-refractivity contribution >= 4 is 46.2 Å². The van der Waals surface area contributed by atoms with E-state index >= 15 is 0 Å². The molecule has 1 N–H and O–H groups in total. The normalized spacial score (nSPS) is 16.1. The van der Waals surface area contributed by atoms with Crippen LogP contribution in [-0.4, -0.2) is 31.3 Å². The molecule has 0 saturated carbocycles. The van der Waals surface area contributed by atoms with E-state index < -0.39 is 5.82 Å². The maximum absolute atomic E-state index is 14.2. The number of likely N-dealkylation sites (tertiary alicyclic amines) is 1. The van der Waals surface area contributed by atoms with Crippen molar-refractivity contribution in [2.75, 3.05) is 11.9 Å². The Morgan fingerprint density at radius 3 is 2.63 bits per heavy atom. The van der Waals surface area contributed by atoms with Gasteiger partial charge in [-0.15, -0.1) is 10.2 Å². The van der Waals surface area contributed by atoms with E-state index in [0.717, 1.165) is 36.6 Å². The average molecular weight is 464 g/mol. The third kappa shape index (κ3) is 4.43. The molecule has 1 aliphatic rings. The Bertz CT molecular complexity index is 1070. The molecule has 2 aromatic carbocycles. The number of rotatable bonds is 4. The van der Waals surface area contributed by atoms with Crippen LogP contribution in [0.25, 0.3) is 0 Å². The van der Waals surface area contributed by atoms with E-state index in [1.165, 1.54) is 6.07 Å². The molecule has 1 saturated heterocycles. The molecule has 1 aliphatic heterocycles. The van der Waals surface area contributed by atoms with Gasteiger partial charge in [0.15, 0.2) is 10.9 Å². The maximum Gasteiger partial charge on any atom is 0.174 e. The molecule has 1 aromatic heterocycles. The lowest BCUT2D eigenvalue weighted by molar-refractivity contribution is 0.377. The molecular formula is C21H20Cl2FN5S. The number of nitrogens with zero attached hydrogens (tertiary/aromatic N) is 4. The molecule has 5 nitrogen and oxygen atoms in total. The van der Waals surface area contributed by atoms with Crippen LogP contribution in [0.1, 0.15) is 36.1 Å². The molecule has 1 atom stereocenters. The Hall–Kier alpha value is -2.22. The van der Waals surface area contributed by atoms with Crippen molar-refractivity contribution in [1.29, 1.82) is 0 Å². The summed E-state index contributed by atoms with van der Waals surface area (Å²) in [5.74, 6) is 1.23. The van der Waals surface area contributed by atoms with Crippen LogP contribution < -0.4 is 5.32 Å². The van der Waals surface area contributed by atoms with E-state index in [-0.39, 0.29) is 6.04 Å². The Balaban J connectivity index is 1.56. The van der Waals surface area contributed by atoms with E-state index in [4.69, 9.17) is 35.4 Å². The third-order valence-electron chi connectivity index (χ3n) is 5.20. The number of halogens is 3. The molecule has 2 heterocycles. The van der Waals surface area contributed by atoms with Gasteiger partial charge < -0.3 is 14.8 Å². The highest BCUT2D eigenvalue weighted by molar-refractivity contribution is 7.80. The van der Waals surface area contributed by atoms with Crippen molar-refractivity contribution in [2.45, 2.75) is 32.4 Å². The Kier molecular flexibility index (Phi) is 6.22. The molecule has 3 aromatic rings. The minimum atomic E-state index is -0.442. The van der Waals surface area contributed by atoms with E-state index in [0.29, 0.717) is 27.4 Å². The van der Waals surface area contributed by atoms with Gasteiger partial charge in [0, 0.05) is 16.6 Å². The molecule has 0 bridgehead atoms. The summed E-state index contributed by atoms with van der Waals surface area (Å²) < 4.78 is 16.3. The van der Waals surface area contributed by atoms with E-state index in [1.54, 1.807) is 12.1 Å². The van der Waals surface area contributed by atoms with E-state index in [1.807, 2.05) is 36.1 Å². The fourth-order valence-corrected chi connectivity index (χ4v) is 4.28. The summed E-state index contributed by atoms with van der Waals surface area (Å²) in [6.45, 7) is 3.34. The zero-order valence-corrected chi connectivity index (χ0v) is 18.6. The van der Waals surface area contributed by atoms with Crippen molar-refractivity contribution in [3.05, 3.63) is 75.5 Å². The average Bonchev–Trinajstić information content (AvgIpc) is 3.33. The molecular weight excluding hydrogens is 444 g/mol. The van der Waals surface area contributed by atoms with E-state index in [2.05, 4.69) is 20.1 Å². The van der Waals surface area contributed by atoms with Crippen LogP contribution in [0.3, 0.4) is 0 Å². The predicted molar refractivity (Wildman–Crippen MR) is 122 cm³/mol. The number of benzene rings is 2. The largest absolute Gasteiger partial charge is 0.339 e.